The Hall–Kier alpha value is -2.02. The molecule has 0 aliphatic carbocycles. The van der Waals surface area contributed by atoms with Crippen molar-refractivity contribution in [2.45, 2.75) is 6.18 Å². The number of carbonyl (C=O) groups is 1. The number of aromatic carboxylic acids is 1. The molecule has 7 heteroatoms. The highest BCUT2D eigenvalue weighted by molar-refractivity contribution is 9.10. The van der Waals surface area contributed by atoms with Crippen molar-refractivity contribution in [1.29, 1.82) is 0 Å². The fourth-order valence-electron chi connectivity index (χ4n) is 1.67. The maximum atomic E-state index is 12.9. The van der Waals surface area contributed by atoms with E-state index in [1.54, 1.807) is 24.3 Å². The fourth-order valence-corrected chi connectivity index (χ4v) is 2.05. The zero-order valence-electron chi connectivity index (χ0n) is 10.3. The van der Waals surface area contributed by atoms with Gasteiger partial charge in [0.2, 0.25) is 0 Å². The molecule has 2 aromatic carbocycles. The Kier molecular flexibility index (Phi) is 4.22. The zero-order chi connectivity index (χ0) is 15.6. The summed E-state index contributed by atoms with van der Waals surface area (Å²) in [5, 5.41) is 8.80. The molecule has 0 heterocycles. The molecular formula is C14H8BrF3O3. The molecule has 0 atom stereocenters. The number of hydrogen-bond donors (Lipinski definition) is 1. The van der Waals surface area contributed by atoms with E-state index in [9.17, 15) is 18.0 Å². The average Bonchev–Trinajstić information content (AvgIpc) is 2.37. The quantitative estimate of drug-likeness (QED) is 0.841. The van der Waals surface area contributed by atoms with Gasteiger partial charge in [0.05, 0.1) is 11.1 Å². The van der Waals surface area contributed by atoms with Crippen LogP contribution in [0.3, 0.4) is 0 Å². The van der Waals surface area contributed by atoms with Gasteiger partial charge in [0.1, 0.15) is 11.5 Å². The van der Waals surface area contributed by atoms with Crippen molar-refractivity contribution in [2.75, 3.05) is 0 Å². The molecule has 0 aromatic heterocycles. The number of rotatable bonds is 3. The molecule has 2 aromatic rings. The molecular weight excluding hydrogens is 353 g/mol. The van der Waals surface area contributed by atoms with Gasteiger partial charge >= 0.3 is 12.1 Å². The second-order valence-corrected chi connectivity index (χ2v) is 4.99. The molecule has 0 spiro atoms. The molecule has 110 valence electrons. The Morgan fingerprint density at radius 3 is 2.33 bits per heavy atom. The Bertz CT molecular complexity index is 683. The Labute approximate surface area is 126 Å². The van der Waals surface area contributed by atoms with Gasteiger partial charge in [-0.05, 0) is 36.4 Å². The largest absolute Gasteiger partial charge is 0.478 e. The van der Waals surface area contributed by atoms with Crippen molar-refractivity contribution in [3.8, 4) is 11.5 Å². The van der Waals surface area contributed by atoms with E-state index in [0.717, 1.165) is 6.07 Å². The van der Waals surface area contributed by atoms with Gasteiger partial charge in [-0.25, -0.2) is 4.79 Å². The number of benzene rings is 2. The zero-order valence-corrected chi connectivity index (χ0v) is 11.9. The van der Waals surface area contributed by atoms with Gasteiger partial charge in [-0.2, -0.15) is 13.2 Å². The predicted molar refractivity (Wildman–Crippen MR) is 72.6 cm³/mol. The molecule has 3 nitrogen and oxygen atoms in total. The molecule has 0 radical (unpaired) electrons. The van der Waals surface area contributed by atoms with E-state index in [4.69, 9.17) is 9.84 Å². The van der Waals surface area contributed by atoms with Crippen LogP contribution >= 0.6 is 15.9 Å². The van der Waals surface area contributed by atoms with Crippen LogP contribution < -0.4 is 4.74 Å². The van der Waals surface area contributed by atoms with E-state index in [0.29, 0.717) is 16.3 Å². The summed E-state index contributed by atoms with van der Waals surface area (Å²) in [6.45, 7) is 0. The first-order valence-corrected chi connectivity index (χ1v) is 6.44. The maximum Gasteiger partial charge on any atom is 0.417 e. The van der Waals surface area contributed by atoms with Crippen molar-refractivity contribution in [3.63, 3.8) is 0 Å². The number of alkyl halides is 3. The van der Waals surface area contributed by atoms with Crippen LogP contribution in [0.4, 0.5) is 13.2 Å². The number of halogens is 4. The first-order valence-electron chi connectivity index (χ1n) is 5.65. The minimum atomic E-state index is -4.77. The highest BCUT2D eigenvalue weighted by Crippen LogP contribution is 2.35. The lowest BCUT2D eigenvalue weighted by Gasteiger charge is -2.13. The third kappa shape index (κ3) is 3.75. The Balaban J connectivity index is 2.40. The van der Waals surface area contributed by atoms with E-state index >= 15 is 0 Å². The molecule has 1 N–H and O–H groups in total. The van der Waals surface area contributed by atoms with E-state index in [1.807, 2.05) is 0 Å². The number of carboxylic acid groups (broad SMARTS) is 1. The molecule has 0 bridgehead atoms. The molecule has 0 aliphatic heterocycles. The smallest absolute Gasteiger partial charge is 0.417 e. The van der Waals surface area contributed by atoms with Crippen LogP contribution in [0.15, 0.2) is 46.9 Å². The van der Waals surface area contributed by atoms with Crippen LogP contribution in [-0.2, 0) is 6.18 Å². The third-order valence-electron chi connectivity index (χ3n) is 2.56. The first kappa shape index (κ1) is 15.4. The monoisotopic (exact) mass is 360 g/mol. The summed E-state index contributed by atoms with van der Waals surface area (Å²) in [5.74, 6) is -1.40. The van der Waals surface area contributed by atoms with Crippen molar-refractivity contribution in [1.82, 2.24) is 0 Å². The summed E-state index contributed by atoms with van der Waals surface area (Å²) in [5.41, 5.74) is -2.06. The summed E-state index contributed by atoms with van der Waals surface area (Å²) in [6, 6.07) is 9.28. The Morgan fingerprint density at radius 2 is 1.76 bits per heavy atom. The molecule has 0 saturated carbocycles. The average molecular weight is 361 g/mol. The molecule has 2 rings (SSSR count). The molecule has 0 aliphatic rings. The van der Waals surface area contributed by atoms with Crippen LogP contribution in [0.25, 0.3) is 0 Å². The van der Waals surface area contributed by atoms with E-state index in [1.165, 1.54) is 6.07 Å². The van der Waals surface area contributed by atoms with Gasteiger partial charge in [0.15, 0.2) is 0 Å². The molecule has 0 fully saturated rings. The number of ether oxygens (including phenoxy) is 1. The third-order valence-corrected chi connectivity index (χ3v) is 3.05. The van der Waals surface area contributed by atoms with Crippen LogP contribution in [0, 0.1) is 0 Å². The fraction of sp³-hybridized carbons (Fsp3) is 0.0714. The molecule has 0 saturated heterocycles. The SMILES string of the molecule is O=C(O)c1ccc(Oc2cccc(Br)c2)cc1C(F)(F)F. The highest BCUT2D eigenvalue weighted by atomic mass is 79.9. The van der Waals surface area contributed by atoms with Gasteiger partial charge in [0, 0.05) is 4.47 Å². The molecule has 0 amide bonds. The lowest BCUT2D eigenvalue weighted by Crippen LogP contribution is -2.12. The van der Waals surface area contributed by atoms with E-state index in [2.05, 4.69) is 15.9 Å². The number of hydrogen-bond acceptors (Lipinski definition) is 2. The van der Waals surface area contributed by atoms with E-state index < -0.39 is 23.3 Å². The second kappa shape index (κ2) is 5.77. The molecule has 21 heavy (non-hydrogen) atoms. The van der Waals surface area contributed by atoms with Crippen molar-refractivity contribution in [3.05, 3.63) is 58.1 Å². The normalized spacial score (nSPS) is 11.2. The highest BCUT2D eigenvalue weighted by Gasteiger charge is 2.35. The summed E-state index contributed by atoms with van der Waals surface area (Å²) >= 11 is 3.21. The summed E-state index contributed by atoms with van der Waals surface area (Å²) in [4.78, 5) is 10.8. The van der Waals surface area contributed by atoms with Gasteiger partial charge in [-0.3, -0.25) is 0 Å². The standard InChI is InChI=1S/C14H8BrF3O3/c15-8-2-1-3-9(6-8)21-10-4-5-11(13(19)20)12(7-10)14(16,17)18/h1-7H,(H,19,20). The Morgan fingerprint density at radius 1 is 1.10 bits per heavy atom. The van der Waals surface area contributed by atoms with Gasteiger partial charge in [-0.15, -0.1) is 0 Å². The minimum Gasteiger partial charge on any atom is -0.478 e. The predicted octanol–water partition coefficient (Wildman–Crippen LogP) is 4.96. The maximum absolute atomic E-state index is 12.9. The van der Waals surface area contributed by atoms with Gasteiger partial charge in [0.25, 0.3) is 0 Å². The lowest BCUT2D eigenvalue weighted by molar-refractivity contribution is -0.138. The van der Waals surface area contributed by atoms with Gasteiger partial charge in [-0.1, -0.05) is 22.0 Å². The number of carboxylic acids is 1. The van der Waals surface area contributed by atoms with Crippen LogP contribution in [0.1, 0.15) is 15.9 Å². The van der Waals surface area contributed by atoms with Crippen LogP contribution in [0.2, 0.25) is 0 Å². The summed E-state index contributed by atoms with van der Waals surface area (Å²) in [6.07, 6.45) is -4.77. The van der Waals surface area contributed by atoms with Gasteiger partial charge < -0.3 is 9.84 Å². The van der Waals surface area contributed by atoms with Crippen molar-refractivity contribution >= 4 is 21.9 Å². The second-order valence-electron chi connectivity index (χ2n) is 4.07. The van der Waals surface area contributed by atoms with Crippen LogP contribution in [0.5, 0.6) is 11.5 Å². The summed E-state index contributed by atoms with van der Waals surface area (Å²) in [7, 11) is 0. The molecule has 0 unspecified atom stereocenters. The lowest BCUT2D eigenvalue weighted by atomic mass is 10.1. The van der Waals surface area contributed by atoms with Crippen molar-refractivity contribution < 1.29 is 27.8 Å². The first-order chi connectivity index (χ1) is 9.77. The summed E-state index contributed by atoms with van der Waals surface area (Å²) < 4.78 is 44.6. The van der Waals surface area contributed by atoms with Crippen LogP contribution in [-0.4, -0.2) is 11.1 Å². The van der Waals surface area contributed by atoms with E-state index in [-0.39, 0.29) is 5.75 Å². The van der Waals surface area contributed by atoms with Crippen molar-refractivity contribution in [2.24, 2.45) is 0 Å². The minimum absolute atomic E-state index is 0.0922. The topological polar surface area (TPSA) is 46.5 Å².